The van der Waals surface area contributed by atoms with Crippen molar-refractivity contribution in [2.24, 2.45) is 17.8 Å². The Morgan fingerprint density at radius 1 is 1.04 bits per heavy atom. The monoisotopic (exact) mass is 734 g/mol. The second-order valence-corrected chi connectivity index (χ2v) is 16.4. The maximum absolute atomic E-state index is 13.9. The van der Waals surface area contributed by atoms with Gasteiger partial charge in [0, 0.05) is 38.2 Å². The molecule has 1 unspecified atom stereocenters. The van der Waals surface area contributed by atoms with Gasteiger partial charge < -0.3 is 29.7 Å². The number of ketones is 3. The third kappa shape index (κ3) is 15.2. The maximum atomic E-state index is 13.9. The molecule has 10 nitrogen and oxygen atoms in total. The molecule has 0 radical (unpaired) electrons. The van der Waals surface area contributed by atoms with Crippen LogP contribution in [0.3, 0.4) is 0 Å². The van der Waals surface area contributed by atoms with Gasteiger partial charge in [-0.05, 0) is 89.7 Å². The average Bonchev–Trinajstić information content (AvgIpc) is 3.08. The molecule has 2 rings (SSSR count). The molecule has 0 aromatic rings. The molecule has 0 aromatic carbocycles. The summed E-state index contributed by atoms with van der Waals surface area (Å²) in [5, 5.41) is 25.0. The standard InChI is InChI=1S/C42H71NO9/c1-10-11-12-18-32-21-22-34(44)29(4)17-15-16-24-41(7,49)25-23-36(52-38-27-42(8,50-9)40(48)31(6)51-38)30(5)35(45)19-13-14-20-37(46)43-33(39(32)47)26-28(2)3/h13,19,21,28-31,33,36,38,40,48-49H,10-12,14-18,20,22-27H2,1-9H3,(H,43,46)/b19-13+,32-21-/t29?,30-,31-,33-,36+,38-,40-,41+,42+/m0/s1. The summed E-state index contributed by atoms with van der Waals surface area (Å²) in [6.07, 6.45) is 10.5. The summed E-state index contributed by atoms with van der Waals surface area (Å²) in [6.45, 7) is 15.2. The molecule has 0 spiro atoms. The summed E-state index contributed by atoms with van der Waals surface area (Å²) >= 11 is 0. The van der Waals surface area contributed by atoms with Crippen molar-refractivity contribution < 1.29 is 43.6 Å². The Hall–Kier alpha value is -2.24. The van der Waals surface area contributed by atoms with E-state index in [1.54, 1.807) is 40.0 Å². The van der Waals surface area contributed by atoms with Crippen LogP contribution in [0, 0.1) is 17.8 Å². The van der Waals surface area contributed by atoms with E-state index in [1.807, 2.05) is 27.7 Å². The lowest BCUT2D eigenvalue weighted by atomic mass is 9.86. The number of carbonyl (C=O) groups excluding carboxylic acids is 4. The lowest BCUT2D eigenvalue weighted by molar-refractivity contribution is -0.291. The van der Waals surface area contributed by atoms with Crippen LogP contribution in [-0.2, 0) is 33.4 Å². The number of amides is 1. The zero-order chi connectivity index (χ0) is 39.1. The second kappa shape index (κ2) is 22.2. The number of hydrogen-bond acceptors (Lipinski definition) is 9. The van der Waals surface area contributed by atoms with E-state index in [-0.39, 0.29) is 54.4 Å². The first-order valence-corrected chi connectivity index (χ1v) is 19.9. The van der Waals surface area contributed by atoms with Gasteiger partial charge in [-0.3, -0.25) is 19.2 Å². The number of carbonyl (C=O) groups is 4. The molecule has 1 fully saturated rings. The molecule has 2 aliphatic heterocycles. The van der Waals surface area contributed by atoms with Crippen LogP contribution < -0.4 is 5.32 Å². The number of hydrogen-bond donors (Lipinski definition) is 3. The molecule has 1 saturated heterocycles. The molecule has 298 valence electrons. The van der Waals surface area contributed by atoms with Crippen molar-refractivity contribution in [3.8, 4) is 0 Å². The molecule has 0 aliphatic carbocycles. The van der Waals surface area contributed by atoms with Crippen LogP contribution in [0.4, 0.5) is 0 Å². The quantitative estimate of drug-likeness (QED) is 0.211. The largest absolute Gasteiger partial charge is 0.390 e. The van der Waals surface area contributed by atoms with E-state index < -0.39 is 47.8 Å². The minimum atomic E-state index is -1.02. The Morgan fingerprint density at radius 2 is 1.75 bits per heavy atom. The molecular weight excluding hydrogens is 662 g/mol. The fourth-order valence-corrected chi connectivity index (χ4v) is 7.18. The van der Waals surface area contributed by atoms with Crippen LogP contribution in [-0.4, -0.2) is 82.4 Å². The highest BCUT2D eigenvalue weighted by atomic mass is 16.7. The Balaban J connectivity index is 2.34. The zero-order valence-corrected chi connectivity index (χ0v) is 33.7. The number of unbranched alkanes of at least 4 members (excludes halogenated alkanes) is 2. The molecule has 0 bridgehead atoms. The number of aliphatic hydroxyl groups excluding tert-OH is 1. The topological polar surface area (TPSA) is 148 Å². The normalized spacial score (nSPS) is 36.2. The minimum Gasteiger partial charge on any atom is -0.390 e. The van der Waals surface area contributed by atoms with Crippen molar-refractivity contribution in [2.75, 3.05) is 7.11 Å². The average molecular weight is 734 g/mol. The number of methoxy groups -OCH3 is 1. The van der Waals surface area contributed by atoms with Crippen LogP contribution >= 0.6 is 0 Å². The van der Waals surface area contributed by atoms with Crippen molar-refractivity contribution >= 4 is 23.3 Å². The molecule has 1 amide bonds. The summed E-state index contributed by atoms with van der Waals surface area (Å²) in [7, 11) is 1.54. The van der Waals surface area contributed by atoms with Gasteiger partial charge in [0.15, 0.2) is 17.9 Å². The SMILES string of the molecule is CCCCC/C1=C/CC(=O)C(C)CCCC[C@@](C)(O)CC[C@@H](O[C@H]2C[C@@](C)(OC)[C@@H](O)[C@H](C)O2)[C@@H](C)C(=O)/C=C/CCC(=O)N[C@@H](CC(C)C)C1=O. The molecule has 10 heteroatoms. The molecule has 52 heavy (non-hydrogen) atoms. The van der Waals surface area contributed by atoms with Gasteiger partial charge in [-0.1, -0.05) is 72.5 Å². The maximum Gasteiger partial charge on any atom is 0.220 e. The third-order valence-corrected chi connectivity index (χ3v) is 11.0. The van der Waals surface area contributed by atoms with E-state index in [0.717, 1.165) is 32.1 Å². The highest BCUT2D eigenvalue weighted by Gasteiger charge is 2.46. The number of allylic oxidation sites excluding steroid dienone is 3. The van der Waals surface area contributed by atoms with Gasteiger partial charge in [0.25, 0.3) is 0 Å². The lowest BCUT2D eigenvalue weighted by Crippen LogP contribution is -2.57. The first-order chi connectivity index (χ1) is 24.4. The predicted octanol–water partition coefficient (Wildman–Crippen LogP) is 7.12. The molecule has 2 aliphatic rings. The summed E-state index contributed by atoms with van der Waals surface area (Å²) in [4.78, 5) is 53.7. The van der Waals surface area contributed by atoms with Gasteiger partial charge in [-0.25, -0.2) is 0 Å². The Labute approximate surface area is 313 Å². The highest BCUT2D eigenvalue weighted by molar-refractivity contribution is 6.02. The van der Waals surface area contributed by atoms with Crippen LogP contribution in [0.5, 0.6) is 0 Å². The zero-order valence-electron chi connectivity index (χ0n) is 33.7. The van der Waals surface area contributed by atoms with Crippen molar-refractivity contribution in [3.63, 3.8) is 0 Å². The second-order valence-electron chi connectivity index (χ2n) is 16.4. The van der Waals surface area contributed by atoms with Gasteiger partial charge in [-0.2, -0.15) is 0 Å². The van der Waals surface area contributed by atoms with E-state index in [9.17, 15) is 29.4 Å². The third-order valence-electron chi connectivity index (χ3n) is 11.0. The van der Waals surface area contributed by atoms with Crippen molar-refractivity contribution in [1.29, 1.82) is 0 Å². The molecular formula is C42H71NO9. The lowest BCUT2D eigenvalue weighted by Gasteiger charge is -2.45. The van der Waals surface area contributed by atoms with Crippen molar-refractivity contribution in [2.45, 2.75) is 194 Å². The Morgan fingerprint density at radius 3 is 2.40 bits per heavy atom. The predicted molar refractivity (Wildman–Crippen MR) is 204 cm³/mol. The van der Waals surface area contributed by atoms with Crippen LogP contribution in [0.1, 0.15) is 152 Å². The fraction of sp³-hybridized carbons (Fsp3) is 0.810. The van der Waals surface area contributed by atoms with Crippen LogP contribution in [0.2, 0.25) is 0 Å². The first-order valence-electron chi connectivity index (χ1n) is 19.9. The van der Waals surface area contributed by atoms with Crippen molar-refractivity contribution in [1.82, 2.24) is 5.32 Å². The summed E-state index contributed by atoms with van der Waals surface area (Å²) in [6, 6.07) is -0.684. The van der Waals surface area contributed by atoms with E-state index in [4.69, 9.17) is 14.2 Å². The number of ether oxygens (including phenoxy) is 3. The Kier molecular flexibility index (Phi) is 19.6. The summed E-state index contributed by atoms with van der Waals surface area (Å²) in [5.74, 6) is -1.09. The van der Waals surface area contributed by atoms with Gasteiger partial charge in [0.05, 0.1) is 29.5 Å². The van der Waals surface area contributed by atoms with E-state index >= 15 is 0 Å². The van der Waals surface area contributed by atoms with E-state index in [2.05, 4.69) is 12.2 Å². The van der Waals surface area contributed by atoms with E-state index in [0.29, 0.717) is 50.5 Å². The number of aliphatic hydroxyl groups is 2. The molecule has 0 saturated carbocycles. The number of rotatable bonds is 9. The number of nitrogens with one attached hydrogen (secondary N) is 1. The minimum absolute atomic E-state index is 0.0807. The van der Waals surface area contributed by atoms with Gasteiger partial charge in [-0.15, -0.1) is 0 Å². The van der Waals surface area contributed by atoms with E-state index in [1.165, 1.54) is 6.08 Å². The van der Waals surface area contributed by atoms with Crippen LogP contribution in [0.25, 0.3) is 0 Å². The smallest absolute Gasteiger partial charge is 0.220 e. The van der Waals surface area contributed by atoms with Crippen molar-refractivity contribution in [3.05, 3.63) is 23.8 Å². The Bertz CT molecular complexity index is 1210. The molecule has 0 aromatic heterocycles. The van der Waals surface area contributed by atoms with Gasteiger partial charge in [0.2, 0.25) is 5.91 Å². The summed E-state index contributed by atoms with van der Waals surface area (Å²) < 4.78 is 18.1. The fourth-order valence-electron chi connectivity index (χ4n) is 7.18. The summed E-state index contributed by atoms with van der Waals surface area (Å²) in [5.41, 5.74) is -1.30. The molecule has 2 heterocycles. The van der Waals surface area contributed by atoms with Gasteiger partial charge >= 0.3 is 0 Å². The first kappa shape index (κ1) is 45.9. The number of Topliss-reactive ketones (excluding diaryl/α,β-unsaturated/α-hetero) is 2. The molecule has 9 atom stereocenters. The molecule has 3 N–H and O–H groups in total. The van der Waals surface area contributed by atoms with Gasteiger partial charge in [0.1, 0.15) is 11.9 Å². The van der Waals surface area contributed by atoms with Crippen LogP contribution in [0.15, 0.2) is 23.8 Å². The highest BCUT2D eigenvalue weighted by Crippen LogP contribution is 2.35.